The molecule has 2 saturated carbocycles. The van der Waals surface area contributed by atoms with E-state index in [1.807, 2.05) is 0 Å². The van der Waals surface area contributed by atoms with Crippen LogP contribution in [0.25, 0.3) is 0 Å². The summed E-state index contributed by atoms with van der Waals surface area (Å²) in [6.45, 7) is 3.08. The summed E-state index contributed by atoms with van der Waals surface area (Å²) >= 11 is 3.69. The molecule has 0 spiro atoms. The number of ketones is 1. The van der Waals surface area contributed by atoms with Crippen LogP contribution in [0.3, 0.4) is 0 Å². The average Bonchev–Trinajstić information content (AvgIpc) is 2.73. The first-order chi connectivity index (χ1) is 10.1. The average molecular weight is 358 g/mol. The zero-order chi connectivity index (χ0) is 15.0. The summed E-state index contributed by atoms with van der Waals surface area (Å²) in [5, 5.41) is 0. The normalized spacial score (nSPS) is 44.5. The number of hydrogen-bond acceptors (Lipinski definition) is 2. The molecule has 0 radical (unpaired) electrons. The van der Waals surface area contributed by atoms with Crippen molar-refractivity contribution in [3.8, 4) is 0 Å². The number of nitrogens with zero attached hydrogens (tertiary/aromatic N) is 1. The van der Waals surface area contributed by atoms with E-state index in [2.05, 4.69) is 34.8 Å². The Morgan fingerprint density at radius 2 is 1.81 bits per heavy atom. The monoisotopic (exact) mass is 357 g/mol. The second-order valence-electron chi connectivity index (χ2n) is 7.47. The summed E-state index contributed by atoms with van der Waals surface area (Å²) in [6.07, 6.45) is 10.4. The fourth-order valence-electron chi connectivity index (χ4n) is 4.89. The van der Waals surface area contributed by atoms with E-state index in [4.69, 9.17) is 0 Å². The second-order valence-corrected chi connectivity index (χ2v) is 8.76. The Morgan fingerprint density at radius 1 is 1.14 bits per heavy atom. The van der Waals surface area contributed by atoms with Crippen LogP contribution < -0.4 is 4.90 Å². The summed E-state index contributed by atoms with van der Waals surface area (Å²) in [6, 6.07) is 1.42. The van der Waals surface area contributed by atoms with Gasteiger partial charge in [0, 0.05) is 24.1 Å². The summed E-state index contributed by atoms with van der Waals surface area (Å²) in [4.78, 5) is 17.5. The number of nitrogens with one attached hydrogen (secondary N) is 1. The summed E-state index contributed by atoms with van der Waals surface area (Å²) < 4.78 is 0. The van der Waals surface area contributed by atoms with Crippen LogP contribution in [0.2, 0.25) is 0 Å². The lowest BCUT2D eigenvalue weighted by Crippen LogP contribution is -3.18. The molecule has 1 N–H and O–H groups in total. The first-order valence-corrected chi connectivity index (χ1v) is 9.73. The first-order valence-electron chi connectivity index (χ1n) is 8.82. The predicted molar refractivity (Wildman–Crippen MR) is 88.8 cm³/mol. The minimum Gasteiger partial charge on any atom is -0.310 e. The van der Waals surface area contributed by atoms with Crippen LogP contribution in [0.1, 0.15) is 58.3 Å². The Hall–Kier alpha value is 0.0700. The van der Waals surface area contributed by atoms with Crippen LogP contribution in [0, 0.1) is 5.92 Å². The summed E-state index contributed by atoms with van der Waals surface area (Å²) in [5.41, 5.74) is 0. The van der Waals surface area contributed by atoms with Crippen LogP contribution in [0.15, 0.2) is 0 Å². The maximum absolute atomic E-state index is 12.7. The minimum atomic E-state index is 0.339. The van der Waals surface area contributed by atoms with Crippen molar-refractivity contribution in [1.29, 1.82) is 0 Å². The minimum absolute atomic E-state index is 0.339. The molecule has 1 heterocycles. The smallest absolute Gasteiger partial charge is 0.189 e. The Bertz CT molecular complexity index is 381. The molecule has 1 aliphatic heterocycles. The number of rotatable bonds is 3. The fourth-order valence-corrected chi connectivity index (χ4v) is 5.42. The van der Waals surface area contributed by atoms with E-state index in [0.29, 0.717) is 28.7 Å². The van der Waals surface area contributed by atoms with E-state index in [1.54, 1.807) is 4.90 Å². The predicted octanol–water partition coefficient (Wildman–Crippen LogP) is 2.00. The molecule has 120 valence electrons. The third kappa shape index (κ3) is 3.23. The standard InChI is InChI=1S/C17H29BrN2O/c1-12-19(2)15-5-3-4-6-16(15)20(12)11-17(21)13-7-9-14(18)10-8-13/h12-16H,3-11H2,1-2H3/p+1. The van der Waals surface area contributed by atoms with Crippen LogP contribution in [0.5, 0.6) is 0 Å². The SMILES string of the molecule is CC1N(C)C2CCCCC2[NH+]1CC(=O)C1CCC(Br)CC1. The van der Waals surface area contributed by atoms with Gasteiger partial charge in [-0.05, 0) is 45.6 Å². The van der Waals surface area contributed by atoms with Crippen molar-refractivity contribution in [1.82, 2.24) is 4.90 Å². The number of likely N-dealkylation sites (N-methyl/N-ethyl adjacent to an activating group) is 1. The van der Waals surface area contributed by atoms with Crippen molar-refractivity contribution in [2.45, 2.75) is 81.4 Å². The van der Waals surface area contributed by atoms with Crippen LogP contribution in [-0.2, 0) is 4.79 Å². The third-order valence-corrected chi connectivity index (χ3v) is 7.28. The van der Waals surface area contributed by atoms with Crippen molar-refractivity contribution in [3.63, 3.8) is 0 Å². The number of carbonyl (C=O) groups excluding carboxylic acids is 1. The van der Waals surface area contributed by atoms with Gasteiger partial charge in [0.15, 0.2) is 5.78 Å². The zero-order valence-electron chi connectivity index (χ0n) is 13.5. The maximum Gasteiger partial charge on any atom is 0.189 e. The molecule has 3 nitrogen and oxygen atoms in total. The molecule has 0 amide bonds. The number of halogens is 1. The maximum atomic E-state index is 12.7. The quantitative estimate of drug-likeness (QED) is 0.781. The molecular weight excluding hydrogens is 328 g/mol. The Balaban J connectivity index is 1.62. The third-order valence-electron chi connectivity index (χ3n) is 6.37. The van der Waals surface area contributed by atoms with Crippen molar-refractivity contribution in [2.24, 2.45) is 5.92 Å². The van der Waals surface area contributed by atoms with Gasteiger partial charge in [-0.2, -0.15) is 0 Å². The van der Waals surface area contributed by atoms with Gasteiger partial charge in [0.25, 0.3) is 0 Å². The molecular formula is C17H30BrN2O+. The summed E-state index contributed by atoms with van der Waals surface area (Å²) in [7, 11) is 2.27. The van der Waals surface area contributed by atoms with Gasteiger partial charge in [0.05, 0.1) is 6.04 Å². The molecule has 4 atom stereocenters. The number of quaternary nitrogens is 1. The number of hydrogen-bond donors (Lipinski definition) is 1. The molecule has 0 aromatic heterocycles. The fraction of sp³-hybridized carbons (Fsp3) is 0.941. The second kappa shape index (κ2) is 6.67. The molecule has 3 fully saturated rings. The van der Waals surface area contributed by atoms with E-state index < -0.39 is 0 Å². The zero-order valence-corrected chi connectivity index (χ0v) is 15.1. The molecule has 2 aliphatic carbocycles. The Kier molecular flexibility index (Phi) is 5.07. The molecule has 0 bridgehead atoms. The Labute approximate surface area is 137 Å². The lowest BCUT2D eigenvalue weighted by molar-refractivity contribution is -0.932. The molecule has 3 rings (SSSR count). The molecule has 1 saturated heterocycles. The van der Waals surface area contributed by atoms with Gasteiger partial charge in [-0.15, -0.1) is 0 Å². The lowest BCUT2D eigenvalue weighted by Gasteiger charge is -2.30. The van der Waals surface area contributed by atoms with Gasteiger partial charge in [-0.3, -0.25) is 4.79 Å². The number of fused-ring (bicyclic) bond motifs is 1. The van der Waals surface area contributed by atoms with E-state index in [0.717, 1.165) is 25.4 Å². The highest BCUT2D eigenvalue weighted by Crippen LogP contribution is 2.29. The van der Waals surface area contributed by atoms with Crippen molar-refractivity contribution >= 4 is 21.7 Å². The first kappa shape index (κ1) is 15.9. The molecule has 4 heteroatoms. The summed E-state index contributed by atoms with van der Waals surface area (Å²) in [5.74, 6) is 0.877. The van der Waals surface area contributed by atoms with E-state index >= 15 is 0 Å². The topological polar surface area (TPSA) is 24.8 Å². The highest BCUT2D eigenvalue weighted by molar-refractivity contribution is 9.09. The lowest BCUT2D eigenvalue weighted by atomic mass is 9.85. The van der Waals surface area contributed by atoms with Gasteiger partial charge in [0.1, 0.15) is 18.8 Å². The van der Waals surface area contributed by atoms with Crippen LogP contribution >= 0.6 is 15.9 Å². The van der Waals surface area contributed by atoms with Gasteiger partial charge >= 0.3 is 0 Å². The largest absolute Gasteiger partial charge is 0.310 e. The van der Waals surface area contributed by atoms with Gasteiger partial charge in [-0.25, -0.2) is 4.90 Å². The molecule has 0 aromatic carbocycles. The van der Waals surface area contributed by atoms with Crippen molar-refractivity contribution in [2.75, 3.05) is 13.6 Å². The van der Waals surface area contributed by atoms with Gasteiger partial charge < -0.3 is 4.90 Å². The highest BCUT2D eigenvalue weighted by atomic mass is 79.9. The van der Waals surface area contributed by atoms with Gasteiger partial charge in [-0.1, -0.05) is 22.4 Å². The van der Waals surface area contributed by atoms with E-state index in [-0.39, 0.29) is 0 Å². The molecule has 0 aromatic rings. The number of alkyl halides is 1. The van der Waals surface area contributed by atoms with Crippen molar-refractivity contribution < 1.29 is 9.69 Å². The van der Waals surface area contributed by atoms with Crippen LogP contribution in [-0.4, -0.2) is 47.4 Å². The van der Waals surface area contributed by atoms with Crippen molar-refractivity contribution in [3.05, 3.63) is 0 Å². The number of Topliss-reactive ketones (excluding diaryl/α,β-unsaturated/α-hetero) is 1. The van der Waals surface area contributed by atoms with Crippen LogP contribution in [0.4, 0.5) is 0 Å². The number of carbonyl (C=O) groups is 1. The van der Waals surface area contributed by atoms with Gasteiger partial charge in [0.2, 0.25) is 0 Å². The van der Waals surface area contributed by atoms with E-state index in [1.165, 1.54) is 38.5 Å². The molecule has 3 aliphatic rings. The highest BCUT2D eigenvalue weighted by Gasteiger charge is 2.48. The molecule has 4 unspecified atom stereocenters. The Morgan fingerprint density at radius 3 is 2.52 bits per heavy atom. The molecule has 21 heavy (non-hydrogen) atoms. The van der Waals surface area contributed by atoms with E-state index in [9.17, 15) is 4.79 Å².